The Bertz CT molecular complexity index is 287. The minimum Gasteiger partial charge on any atom is -0.382 e. The lowest BCUT2D eigenvalue weighted by atomic mass is 9.90. The third-order valence-electron chi connectivity index (χ3n) is 4.01. The van der Waals surface area contributed by atoms with E-state index in [0.717, 1.165) is 19.3 Å². The van der Waals surface area contributed by atoms with Gasteiger partial charge in [-0.25, -0.2) is 0 Å². The molecular weight excluding hydrogens is 222 g/mol. The lowest BCUT2D eigenvalue weighted by molar-refractivity contribution is -0.122. The van der Waals surface area contributed by atoms with Crippen molar-refractivity contribution in [2.24, 2.45) is 5.92 Å². The Hall–Kier alpha value is -0.790. The van der Waals surface area contributed by atoms with Gasteiger partial charge in [0, 0.05) is 11.6 Å². The van der Waals surface area contributed by atoms with E-state index in [9.17, 15) is 4.79 Å². The molecule has 0 aromatic heterocycles. The molecule has 104 valence electrons. The van der Waals surface area contributed by atoms with Gasteiger partial charge in [-0.2, -0.15) is 0 Å². The molecule has 0 aromatic carbocycles. The Labute approximate surface area is 112 Å². The van der Waals surface area contributed by atoms with Crippen LogP contribution in [0.5, 0.6) is 0 Å². The summed E-state index contributed by atoms with van der Waals surface area (Å²) in [4.78, 5) is 12.2. The van der Waals surface area contributed by atoms with Gasteiger partial charge in [0.2, 0.25) is 0 Å². The van der Waals surface area contributed by atoms with Gasteiger partial charge in [-0.15, -0.1) is 0 Å². The van der Waals surface area contributed by atoms with Gasteiger partial charge in [-0.05, 0) is 39.0 Å². The molecule has 1 rings (SSSR count). The summed E-state index contributed by atoms with van der Waals surface area (Å²) in [6.45, 7) is 7.00. The van der Waals surface area contributed by atoms with Crippen molar-refractivity contribution < 1.29 is 4.79 Å². The molecule has 1 fully saturated rings. The number of hydrogen-bond acceptors (Lipinski definition) is 2. The van der Waals surface area contributed by atoms with Crippen LogP contribution in [0.2, 0.25) is 0 Å². The van der Waals surface area contributed by atoms with Crippen molar-refractivity contribution in [1.82, 2.24) is 5.32 Å². The molecule has 18 heavy (non-hydrogen) atoms. The number of hydrogen-bond donors (Lipinski definition) is 1. The summed E-state index contributed by atoms with van der Waals surface area (Å²) >= 11 is 0. The molecule has 0 aromatic rings. The summed E-state index contributed by atoms with van der Waals surface area (Å²) in [5.74, 6) is 0.686. The molecule has 0 bridgehead atoms. The van der Waals surface area contributed by atoms with Crippen LogP contribution in [-0.2, 0) is 4.79 Å². The van der Waals surface area contributed by atoms with Crippen LogP contribution in [0.1, 0.15) is 72.1 Å². The average Bonchev–Trinajstić information content (AvgIpc) is 2.29. The van der Waals surface area contributed by atoms with Crippen molar-refractivity contribution in [2.75, 3.05) is 6.54 Å². The molecule has 1 atom stereocenters. The summed E-state index contributed by atoms with van der Waals surface area (Å²) in [5, 5.41) is 3.33. The molecule has 2 heteroatoms. The Morgan fingerprint density at radius 1 is 1.22 bits per heavy atom. The Morgan fingerprint density at radius 3 is 2.44 bits per heavy atom. The number of Topliss-reactive ketones (excluding diaryl/α,β-unsaturated/α-hetero) is 1. The number of rotatable bonds is 9. The molecule has 0 heterocycles. The summed E-state index contributed by atoms with van der Waals surface area (Å²) in [6.07, 6.45) is 9.36. The fraction of sp³-hybridized carbons (Fsp3) is 0.812. The van der Waals surface area contributed by atoms with Crippen LogP contribution in [0.15, 0.2) is 11.3 Å². The molecule has 0 amide bonds. The first-order valence-electron chi connectivity index (χ1n) is 7.64. The Balaban J connectivity index is 2.35. The second-order valence-corrected chi connectivity index (χ2v) is 5.53. The third-order valence-corrected chi connectivity index (χ3v) is 4.01. The summed E-state index contributed by atoms with van der Waals surface area (Å²) in [7, 11) is 0. The lowest BCUT2D eigenvalue weighted by Crippen LogP contribution is -2.28. The van der Waals surface area contributed by atoms with Crippen LogP contribution in [0.25, 0.3) is 0 Å². The van der Waals surface area contributed by atoms with E-state index in [1.54, 1.807) is 0 Å². The van der Waals surface area contributed by atoms with Gasteiger partial charge in [0.05, 0.1) is 6.54 Å². The number of nitrogens with one attached hydrogen (secondary N) is 1. The zero-order chi connectivity index (χ0) is 13.4. The highest BCUT2D eigenvalue weighted by Gasteiger charge is 2.17. The molecule has 0 saturated heterocycles. The first-order valence-corrected chi connectivity index (χ1v) is 7.64. The van der Waals surface area contributed by atoms with Crippen molar-refractivity contribution in [1.29, 1.82) is 0 Å². The van der Waals surface area contributed by atoms with E-state index in [1.807, 2.05) is 0 Å². The van der Waals surface area contributed by atoms with Gasteiger partial charge >= 0.3 is 0 Å². The fourth-order valence-electron chi connectivity index (χ4n) is 2.48. The van der Waals surface area contributed by atoms with Crippen LogP contribution in [0.4, 0.5) is 0 Å². The molecule has 1 N–H and O–H groups in total. The topological polar surface area (TPSA) is 29.1 Å². The highest BCUT2D eigenvalue weighted by atomic mass is 16.1. The molecule has 2 nitrogen and oxygen atoms in total. The van der Waals surface area contributed by atoms with Gasteiger partial charge in [0.25, 0.3) is 0 Å². The van der Waals surface area contributed by atoms with Crippen LogP contribution in [0.3, 0.4) is 0 Å². The summed E-state index contributed by atoms with van der Waals surface area (Å²) in [6, 6.07) is 0. The van der Waals surface area contributed by atoms with Gasteiger partial charge in [0.1, 0.15) is 0 Å². The van der Waals surface area contributed by atoms with Gasteiger partial charge in [-0.3, -0.25) is 4.79 Å². The average molecular weight is 251 g/mol. The maximum absolute atomic E-state index is 12.2. The van der Waals surface area contributed by atoms with E-state index in [-0.39, 0.29) is 5.92 Å². The first kappa shape index (κ1) is 15.3. The van der Waals surface area contributed by atoms with Crippen molar-refractivity contribution >= 4 is 5.78 Å². The van der Waals surface area contributed by atoms with Crippen molar-refractivity contribution in [3.63, 3.8) is 0 Å². The van der Waals surface area contributed by atoms with E-state index >= 15 is 0 Å². The first-order chi connectivity index (χ1) is 8.69. The molecular formula is C16H29NO. The zero-order valence-corrected chi connectivity index (χ0v) is 12.3. The van der Waals surface area contributed by atoms with Crippen molar-refractivity contribution in [2.45, 2.75) is 72.1 Å². The van der Waals surface area contributed by atoms with Crippen molar-refractivity contribution in [3.8, 4) is 0 Å². The third kappa shape index (κ3) is 4.83. The SMILES string of the molecule is CCCCC(CCC)C(=O)CNC(C)=C1CCC1. The number of ketones is 1. The largest absolute Gasteiger partial charge is 0.382 e. The Kier molecular flexibility index (Phi) is 7.07. The van der Waals surface area contributed by atoms with Crippen LogP contribution >= 0.6 is 0 Å². The van der Waals surface area contributed by atoms with Gasteiger partial charge in [0.15, 0.2) is 5.78 Å². The quantitative estimate of drug-likeness (QED) is 0.665. The number of carbonyl (C=O) groups excluding carboxylic acids is 1. The molecule has 1 saturated carbocycles. The predicted octanol–water partition coefficient (Wildman–Crippen LogP) is 4.21. The second-order valence-electron chi connectivity index (χ2n) is 5.53. The van der Waals surface area contributed by atoms with E-state index in [4.69, 9.17) is 0 Å². The monoisotopic (exact) mass is 251 g/mol. The number of unbranched alkanes of at least 4 members (excludes halogenated alkanes) is 1. The molecule has 0 radical (unpaired) electrons. The van der Waals surface area contributed by atoms with Gasteiger partial charge in [-0.1, -0.05) is 38.7 Å². The summed E-state index contributed by atoms with van der Waals surface area (Å²) < 4.78 is 0. The predicted molar refractivity (Wildman–Crippen MR) is 77.5 cm³/mol. The molecule has 0 spiro atoms. The molecule has 1 aliphatic carbocycles. The number of allylic oxidation sites excluding steroid dienone is 2. The minimum absolute atomic E-state index is 0.279. The highest BCUT2D eigenvalue weighted by Crippen LogP contribution is 2.27. The standard InChI is InChI=1S/C16H29NO/c1-4-6-9-15(8-5-2)16(18)12-17-13(3)14-10-7-11-14/h15,17H,4-12H2,1-3H3. The smallest absolute Gasteiger partial charge is 0.154 e. The molecule has 1 unspecified atom stereocenters. The van der Waals surface area contributed by atoms with E-state index in [0.29, 0.717) is 12.3 Å². The number of carbonyl (C=O) groups is 1. The zero-order valence-electron chi connectivity index (χ0n) is 12.3. The minimum atomic E-state index is 0.279. The normalized spacial score (nSPS) is 16.1. The van der Waals surface area contributed by atoms with Crippen molar-refractivity contribution in [3.05, 3.63) is 11.3 Å². The van der Waals surface area contributed by atoms with E-state index < -0.39 is 0 Å². The highest BCUT2D eigenvalue weighted by molar-refractivity contribution is 5.83. The Morgan fingerprint density at radius 2 is 1.94 bits per heavy atom. The van der Waals surface area contributed by atoms with Gasteiger partial charge < -0.3 is 5.32 Å². The van der Waals surface area contributed by atoms with Crippen LogP contribution in [-0.4, -0.2) is 12.3 Å². The molecule has 1 aliphatic rings. The van der Waals surface area contributed by atoms with Crippen LogP contribution < -0.4 is 5.32 Å². The fourth-order valence-corrected chi connectivity index (χ4v) is 2.48. The maximum atomic E-state index is 12.2. The van der Waals surface area contributed by atoms with E-state index in [1.165, 1.54) is 43.4 Å². The van der Waals surface area contributed by atoms with Crippen LogP contribution in [0, 0.1) is 5.92 Å². The lowest BCUT2D eigenvalue weighted by Gasteiger charge is -2.22. The molecule has 0 aliphatic heterocycles. The summed E-state index contributed by atoms with van der Waals surface area (Å²) in [5.41, 5.74) is 2.77. The van der Waals surface area contributed by atoms with E-state index in [2.05, 4.69) is 26.1 Å². The second kappa shape index (κ2) is 8.34. The maximum Gasteiger partial charge on any atom is 0.154 e.